The van der Waals surface area contributed by atoms with Crippen LogP contribution in [0.1, 0.15) is 25.8 Å². The van der Waals surface area contributed by atoms with Gasteiger partial charge in [-0.2, -0.15) is 0 Å². The molecule has 0 aliphatic carbocycles. The fourth-order valence-corrected chi connectivity index (χ4v) is 2.91. The molecule has 0 N–H and O–H groups in total. The van der Waals surface area contributed by atoms with Crippen LogP contribution in [0.5, 0.6) is 0 Å². The third kappa shape index (κ3) is 3.20. The Hall–Kier alpha value is -2.01. The standard InChI is InChI=1S/C18H21FO4/c1-11-12(2)23-15(18(3,16(11)20)17(21)22-4)9-8-13-6-5-7-14(19)10-13/h5-7,10,12,15H,1,8-9H2,2-4H3. The lowest BCUT2D eigenvalue weighted by atomic mass is 9.72. The van der Waals surface area contributed by atoms with Crippen LogP contribution >= 0.6 is 0 Å². The molecule has 5 heteroatoms. The maximum atomic E-state index is 13.3. The van der Waals surface area contributed by atoms with Crippen molar-refractivity contribution in [1.82, 2.24) is 0 Å². The van der Waals surface area contributed by atoms with Gasteiger partial charge in [-0.1, -0.05) is 18.7 Å². The van der Waals surface area contributed by atoms with Gasteiger partial charge in [0.1, 0.15) is 5.82 Å². The van der Waals surface area contributed by atoms with E-state index >= 15 is 0 Å². The maximum Gasteiger partial charge on any atom is 0.322 e. The normalized spacial score (nSPS) is 27.8. The number of Topliss-reactive ketones (excluding diaryl/α,β-unsaturated/α-hetero) is 1. The molecule has 124 valence electrons. The highest BCUT2D eigenvalue weighted by Gasteiger charge is 2.54. The van der Waals surface area contributed by atoms with Gasteiger partial charge in [0.2, 0.25) is 0 Å². The Morgan fingerprint density at radius 2 is 2.17 bits per heavy atom. The van der Waals surface area contributed by atoms with Crippen LogP contribution in [-0.2, 0) is 25.5 Å². The Labute approximate surface area is 135 Å². The number of hydrogen-bond donors (Lipinski definition) is 0. The second-order valence-corrected chi connectivity index (χ2v) is 5.98. The van der Waals surface area contributed by atoms with Gasteiger partial charge >= 0.3 is 5.97 Å². The average Bonchev–Trinajstić information content (AvgIpc) is 2.54. The van der Waals surface area contributed by atoms with Gasteiger partial charge in [0.15, 0.2) is 11.2 Å². The Kier molecular flexibility index (Phi) is 5.00. The number of hydrogen-bond acceptors (Lipinski definition) is 4. The third-order valence-electron chi connectivity index (χ3n) is 4.46. The number of rotatable bonds is 4. The van der Waals surface area contributed by atoms with Crippen LogP contribution < -0.4 is 0 Å². The summed E-state index contributed by atoms with van der Waals surface area (Å²) in [4.78, 5) is 24.8. The summed E-state index contributed by atoms with van der Waals surface area (Å²) in [5.41, 5.74) is -0.378. The van der Waals surface area contributed by atoms with Crippen molar-refractivity contribution in [1.29, 1.82) is 0 Å². The fraction of sp³-hybridized carbons (Fsp3) is 0.444. The lowest BCUT2D eigenvalue weighted by Crippen LogP contribution is -2.55. The topological polar surface area (TPSA) is 52.6 Å². The van der Waals surface area contributed by atoms with Gasteiger partial charge in [-0.25, -0.2) is 4.39 Å². The first-order valence-corrected chi connectivity index (χ1v) is 7.52. The smallest absolute Gasteiger partial charge is 0.322 e. The molecule has 1 saturated heterocycles. The average molecular weight is 320 g/mol. The molecule has 1 fully saturated rings. The largest absolute Gasteiger partial charge is 0.468 e. The highest BCUT2D eigenvalue weighted by atomic mass is 19.1. The Morgan fingerprint density at radius 1 is 1.48 bits per heavy atom. The number of esters is 1. The molecule has 0 radical (unpaired) electrons. The number of aryl methyl sites for hydroxylation is 1. The van der Waals surface area contributed by atoms with Crippen molar-refractivity contribution in [3.63, 3.8) is 0 Å². The van der Waals surface area contributed by atoms with Crippen molar-refractivity contribution in [2.24, 2.45) is 5.41 Å². The number of carbonyl (C=O) groups excluding carboxylic acids is 2. The van der Waals surface area contributed by atoms with Crippen LogP contribution in [-0.4, -0.2) is 31.1 Å². The van der Waals surface area contributed by atoms with Crippen LogP contribution in [0.3, 0.4) is 0 Å². The van der Waals surface area contributed by atoms with Crippen LogP contribution in [0.2, 0.25) is 0 Å². The fourth-order valence-electron chi connectivity index (χ4n) is 2.91. The zero-order valence-corrected chi connectivity index (χ0v) is 13.6. The quantitative estimate of drug-likeness (QED) is 0.486. The number of carbonyl (C=O) groups is 2. The van der Waals surface area contributed by atoms with Crippen molar-refractivity contribution in [2.45, 2.75) is 38.9 Å². The number of halogens is 1. The molecular formula is C18H21FO4. The summed E-state index contributed by atoms with van der Waals surface area (Å²) in [6.07, 6.45) is -0.219. The van der Waals surface area contributed by atoms with E-state index in [9.17, 15) is 14.0 Å². The predicted octanol–water partition coefficient (Wildman–Crippen LogP) is 2.85. The molecule has 0 aromatic heterocycles. The van der Waals surface area contributed by atoms with E-state index in [0.29, 0.717) is 12.8 Å². The van der Waals surface area contributed by atoms with Crippen molar-refractivity contribution >= 4 is 11.8 Å². The lowest BCUT2D eigenvalue weighted by molar-refractivity contribution is -0.175. The van der Waals surface area contributed by atoms with Gasteiger partial charge in [0.05, 0.1) is 19.3 Å². The van der Waals surface area contributed by atoms with Crippen molar-refractivity contribution in [2.75, 3.05) is 7.11 Å². The monoisotopic (exact) mass is 320 g/mol. The maximum absolute atomic E-state index is 13.3. The van der Waals surface area contributed by atoms with E-state index in [-0.39, 0.29) is 17.2 Å². The number of ether oxygens (including phenoxy) is 2. The molecule has 0 bridgehead atoms. The SMILES string of the molecule is C=C1C(=O)C(C)(C(=O)OC)C(CCc2cccc(F)c2)OC1C. The molecule has 3 unspecified atom stereocenters. The first-order valence-electron chi connectivity index (χ1n) is 7.52. The lowest BCUT2D eigenvalue weighted by Gasteiger charge is -2.41. The zero-order chi connectivity index (χ0) is 17.2. The van der Waals surface area contributed by atoms with E-state index in [0.717, 1.165) is 5.56 Å². The molecule has 0 amide bonds. The Bertz CT molecular complexity index is 640. The summed E-state index contributed by atoms with van der Waals surface area (Å²) in [5, 5.41) is 0. The predicted molar refractivity (Wildman–Crippen MR) is 83.3 cm³/mol. The van der Waals surface area contributed by atoms with E-state index in [1.54, 1.807) is 19.1 Å². The van der Waals surface area contributed by atoms with Crippen molar-refractivity contribution in [3.8, 4) is 0 Å². The van der Waals surface area contributed by atoms with Crippen LogP contribution in [0.25, 0.3) is 0 Å². The molecule has 1 aliphatic heterocycles. The van der Waals surface area contributed by atoms with Gasteiger partial charge in [-0.3, -0.25) is 9.59 Å². The van der Waals surface area contributed by atoms with Crippen LogP contribution in [0.4, 0.5) is 4.39 Å². The first-order chi connectivity index (χ1) is 10.8. The molecular weight excluding hydrogens is 299 g/mol. The Morgan fingerprint density at radius 3 is 2.78 bits per heavy atom. The van der Waals surface area contributed by atoms with E-state index in [1.807, 2.05) is 0 Å². The molecule has 0 saturated carbocycles. The van der Waals surface area contributed by atoms with Gasteiger partial charge in [-0.15, -0.1) is 0 Å². The molecule has 2 rings (SSSR count). The van der Waals surface area contributed by atoms with Crippen LogP contribution in [0.15, 0.2) is 36.4 Å². The Balaban J connectivity index is 2.24. The second kappa shape index (κ2) is 6.62. The minimum Gasteiger partial charge on any atom is -0.468 e. The highest BCUT2D eigenvalue weighted by Crippen LogP contribution is 2.39. The van der Waals surface area contributed by atoms with Crippen molar-refractivity contribution < 1.29 is 23.5 Å². The van der Waals surface area contributed by atoms with Crippen LogP contribution in [0, 0.1) is 11.2 Å². The molecule has 1 heterocycles. The van der Waals surface area contributed by atoms with Gasteiger partial charge in [0.25, 0.3) is 0 Å². The molecule has 1 aromatic carbocycles. The molecule has 1 aliphatic rings. The minimum atomic E-state index is -1.42. The number of benzene rings is 1. The second-order valence-electron chi connectivity index (χ2n) is 5.98. The molecule has 1 aromatic rings. The van der Waals surface area contributed by atoms with E-state index < -0.39 is 23.6 Å². The van der Waals surface area contributed by atoms with E-state index in [4.69, 9.17) is 9.47 Å². The molecule has 4 nitrogen and oxygen atoms in total. The summed E-state index contributed by atoms with van der Waals surface area (Å²) in [6, 6.07) is 6.23. The summed E-state index contributed by atoms with van der Waals surface area (Å²) in [6.45, 7) is 6.97. The summed E-state index contributed by atoms with van der Waals surface area (Å²) >= 11 is 0. The molecule has 3 atom stereocenters. The minimum absolute atomic E-state index is 0.264. The highest BCUT2D eigenvalue weighted by molar-refractivity contribution is 6.13. The zero-order valence-electron chi connectivity index (χ0n) is 13.6. The van der Waals surface area contributed by atoms with Gasteiger partial charge in [0, 0.05) is 5.57 Å². The summed E-state index contributed by atoms with van der Waals surface area (Å²) in [7, 11) is 1.24. The van der Waals surface area contributed by atoms with Crippen molar-refractivity contribution in [3.05, 3.63) is 47.8 Å². The number of ketones is 1. The molecule has 0 spiro atoms. The number of methoxy groups -OCH3 is 1. The first kappa shape index (κ1) is 17.3. The third-order valence-corrected chi connectivity index (χ3v) is 4.46. The summed E-state index contributed by atoms with van der Waals surface area (Å²) in [5.74, 6) is -1.31. The molecule has 23 heavy (non-hydrogen) atoms. The van der Waals surface area contributed by atoms with Gasteiger partial charge < -0.3 is 9.47 Å². The summed E-state index contributed by atoms with van der Waals surface area (Å²) < 4.78 is 23.9. The van der Waals surface area contributed by atoms with Gasteiger partial charge in [-0.05, 0) is 44.4 Å². The van der Waals surface area contributed by atoms with E-state index in [2.05, 4.69) is 6.58 Å². The van der Waals surface area contributed by atoms with E-state index in [1.165, 1.54) is 26.2 Å².